The van der Waals surface area contributed by atoms with Gasteiger partial charge in [0.05, 0.1) is 5.92 Å². The molecule has 0 spiro atoms. The molecule has 0 amide bonds. The van der Waals surface area contributed by atoms with E-state index in [1.165, 1.54) is 0 Å². The molecule has 0 rings (SSSR count). The van der Waals surface area contributed by atoms with E-state index in [4.69, 9.17) is 15.9 Å². The Bertz CT molecular complexity index is 221. The molecule has 4 N–H and O–H groups in total. The molecule has 0 fully saturated rings. The van der Waals surface area contributed by atoms with Crippen molar-refractivity contribution in [2.24, 2.45) is 11.7 Å². The highest BCUT2D eigenvalue weighted by atomic mass is 19.4. The van der Waals surface area contributed by atoms with Crippen molar-refractivity contribution in [3.8, 4) is 0 Å². The largest absolute Gasteiger partial charge is 0.481 e. The maximum absolute atomic E-state index is 12.0. The average molecular weight is 243 g/mol. The first-order chi connectivity index (χ1) is 7.29. The van der Waals surface area contributed by atoms with Gasteiger partial charge in [0.15, 0.2) is 6.10 Å². The number of nitrogens with two attached hydrogens (primary N) is 1. The van der Waals surface area contributed by atoms with Crippen LogP contribution in [0.4, 0.5) is 13.2 Å². The zero-order chi connectivity index (χ0) is 12.8. The van der Waals surface area contributed by atoms with Gasteiger partial charge in [-0.1, -0.05) is 6.42 Å². The summed E-state index contributed by atoms with van der Waals surface area (Å²) in [5, 5.41) is 17.4. The van der Waals surface area contributed by atoms with Crippen LogP contribution in [0.5, 0.6) is 0 Å². The highest BCUT2D eigenvalue weighted by Crippen LogP contribution is 2.26. The lowest BCUT2D eigenvalue weighted by Gasteiger charge is -2.18. The summed E-state index contributed by atoms with van der Waals surface area (Å²) in [6, 6.07) is 0. The number of aliphatic hydroxyl groups excluding tert-OH is 1. The molecule has 0 saturated heterocycles. The van der Waals surface area contributed by atoms with Crippen molar-refractivity contribution in [2.45, 2.75) is 38.0 Å². The summed E-state index contributed by atoms with van der Waals surface area (Å²) in [5.74, 6) is -2.50. The Morgan fingerprint density at radius 3 is 2.25 bits per heavy atom. The van der Waals surface area contributed by atoms with Crippen LogP contribution in [-0.4, -0.2) is 35.0 Å². The smallest absolute Gasteiger partial charge is 0.414 e. The van der Waals surface area contributed by atoms with Gasteiger partial charge in [0.25, 0.3) is 0 Å². The molecular weight excluding hydrogens is 227 g/mol. The molecule has 0 aliphatic heterocycles. The van der Waals surface area contributed by atoms with Gasteiger partial charge in [-0.05, 0) is 25.8 Å². The number of carboxylic acids is 1. The van der Waals surface area contributed by atoms with Crippen LogP contribution in [0.1, 0.15) is 25.7 Å². The molecule has 0 aliphatic rings. The minimum atomic E-state index is -4.76. The number of rotatable bonds is 7. The number of halogens is 3. The molecule has 4 nitrogen and oxygen atoms in total. The summed E-state index contributed by atoms with van der Waals surface area (Å²) in [5.41, 5.74) is 5.18. The second-order valence-corrected chi connectivity index (χ2v) is 3.61. The van der Waals surface area contributed by atoms with Gasteiger partial charge in [-0.15, -0.1) is 0 Å². The predicted molar refractivity (Wildman–Crippen MR) is 50.7 cm³/mol. The Hall–Kier alpha value is -0.820. The van der Waals surface area contributed by atoms with E-state index in [0.29, 0.717) is 19.4 Å². The van der Waals surface area contributed by atoms with Gasteiger partial charge >= 0.3 is 12.1 Å². The van der Waals surface area contributed by atoms with Crippen LogP contribution >= 0.6 is 0 Å². The Kier molecular flexibility index (Phi) is 6.35. The first-order valence-electron chi connectivity index (χ1n) is 4.96. The number of aliphatic hydroxyl groups is 1. The maximum atomic E-state index is 12.0. The van der Waals surface area contributed by atoms with Crippen LogP contribution < -0.4 is 5.73 Å². The van der Waals surface area contributed by atoms with Crippen LogP contribution in [-0.2, 0) is 4.79 Å². The summed E-state index contributed by atoms with van der Waals surface area (Å²) in [7, 11) is 0. The van der Waals surface area contributed by atoms with E-state index in [1.54, 1.807) is 0 Å². The van der Waals surface area contributed by atoms with Crippen molar-refractivity contribution in [1.82, 2.24) is 0 Å². The van der Waals surface area contributed by atoms with E-state index in [0.717, 1.165) is 0 Å². The Morgan fingerprint density at radius 2 is 1.88 bits per heavy atom. The minimum Gasteiger partial charge on any atom is -0.481 e. The first-order valence-corrected chi connectivity index (χ1v) is 4.96. The number of hydrogen-bond donors (Lipinski definition) is 3. The van der Waals surface area contributed by atoms with E-state index >= 15 is 0 Å². The molecule has 16 heavy (non-hydrogen) atoms. The van der Waals surface area contributed by atoms with Crippen molar-refractivity contribution < 1.29 is 28.2 Å². The topological polar surface area (TPSA) is 83.5 Å². The van der Waals surface area contributed by atoms with Crippen molar-refractivity contribution in [3.05, 3.63) is 0 Å². The van der Waals surface area contributed by atoms with Gasteiger partial charge in [-0.3, -0.25) is 4.79 Å². The van der Waals surface area contributed by atoms with Crippen molar-refractivity contribution in [2.75, 3.05) is 6.54 Å². The van der Waals surface area contributed by atoms with Crippen LogP contribution in [0.15, 0.2) is 0 Å². The fourth-order valence-electron chi connectivity index (χ4n) is 1.28. The third-order valence-electron chi connectivity index (χ3n) is 2.24. The number of unbranched alkanes of at least 4 members (excludes halogenated alkanes) is 1. The molecule has 0 heterocycles. The second-order valence-electron chi connectivity index (χ2n) is 3.61. The van der Waals surface area contributed by atoms with Crippen LogP contribution in [0.2, 0.25) is 0 Å². The average Bonchev–Trinajstić information content (AvgIpc) is 2.14. The van der Waals surface area contributed by atoms with E-state index in [2.05, 4.69) is 0 Å². The highest BCUT2D eigenvalue weighted by Gasteiger charge is 2.40. The molecule has 96 valence electrons. The zero-order valence-corrected chi connectivity index (χ0v) is 8.70. The van der Waals surface area contributed by atoms with Gasteiger partial charge < -0.3 is 15.9 Å². The first kappa shape index (κ1) is 15.2. The summed E-state index contributed by atoms with van der Waals surface area (Å²) >= 11 is 0. The molecular formula is C9H16F3NO3. The number of hydrogen-bond acceptors (Lipinski definition) is 3. The van der Waals surface area contributed by atoms with Gasteiger partial charge in [0.2, 0.25) is 0 Å². The summed E-state index contributed by atoms with van der Waals surface area (Å²) in [4.78, 5) is 10.6. The molecule has 7 heteroatoms. The predicted octanol–water partition coefficient (Wildman–Crippen LogP) is 1.13. The van der Waals surface area contributed by atoms with Crippen molar-refractivity contribution >= 4 is 5.97 Å². The summed E-state index contributed by atoms with van der Waals surface area (Å²) < 4.78 is 36.0. The van der Waals surface area contributed by atoms with Crippen molar-refractivity contribution in [3.63, 3.8) is 0 Å². The summed E-state index contributed by atoms with van der Waals surface area (Å²) in [6.45, 7) is 0.369. The standard InChI is InChI=1S/C9H16F3NO3/c10-9(11,12)7(14)5-6(8(15)16)3-1-2-4-13/h6-7,14H,1-5,13H2,(H,15,16). The van der Waals surface area contributed by atoms with Crippen LogP contribution in [0.25, 0.3) is 0 Å². The lowest BCUT2D eigenvalue weighted by molar-refractivity contribution is -0.209. The maximum Gasteiger partial charge on any atom is 0.414 e. The van der Waals surface area contributed by atoms with Crippen molar-refractivity contribution in [1.29, 1.82) is 0 Å². The Labute approximate surface area is 91.2 Å². The highest BCUT2D eigenvalue weighted by molar-refractivity contribution is 5.69. The van der Waals surface area contributed by atoms with Gasteiger partial charge in [0, 0.05) is 0 Å². The zero-order valence-electron chi connectivity index (χ0n) is 8.70. The molecule has 0 aliphatic carbocycles. The molecule has 0 aromatic rings. The van der Waals surface area contributed by atoms with Gasteiger partial charge in [0.1, 0.15) is 0 Å². The number of carboxylic acid groups (broad SMARTS) is 1. The van der Waals surface area contributed by atoms with Crippen LogP contribution in [0, 0.1) is 5.92 Å². The SMILES string of the molecule is NCCCCC(CC(O)C(F)(F)F)C(=O)O. The monoisotopic (exact) mass is 243 g/mol. The molecule has 0 bridgehead atoms. The minimum absolute atomic E-state index is 0.0969. The Morgan fingerprint density at radius 1 is 1.31 bits per heavy atom. The summed E-state index contributed by atoms with van der Waals surface area (Å²) in [6.07, 6.45) is -7.04. The van der Waals surface area contributed by atoms with Gasteiger partial charge in [-0.2, -0.15) is 13.2 Å². The number of alkyl halides is 3. The third-order valence-corrected chi connectivity index (χ3v) is 2.24. The molecule has 0 aromatic heterocycles. The third kappa shape index (κ3) is 5.92. The van der Waals surface area contributed by atoms with E-state index in [9.17, 15) is 18.0 Å². The van der Waals surface area contributed by atoms with Gasteiger partial charge in [-0.25, -0.2) is 0 Å². The molecule has 0 aromatic carbocycles. The lowest BCUT2D eigenvalue weighted by Crippen LogP contribution is -2.32. The fraction of sp³-hybridized carbons (Fsp3) is 0.889. The number of carbonyl (C=O) groups is 1. The molecule has 0 saturated carbocycles. The molecule has 2 atom stereocenters. The quantitative estimate of drug-likeness (QED) is 0.585. The Balaban J connectivity index is 4.18. The lowest BCUT2D eigenvalue weighted by atomic mass is 9.95. The van der Waals surface area contributed by atoms with Crippen LogP contribution in [0.3, 0.4) is 0 Å². The molecule has 2 unspecified atom stereocenters. The molecule has 0 radical (unpaired) electrons. The normalized spacial score (nSPS) is 15.8. The van der Waals surface area contributed by atoms with E-state index in [1.807, 2.05) is 0 Å². The fourth-order valence-corrected chi connectivity index (χ4v) is 1.28. The van der Waals surface area contributed by atoms with E-state index < -0.39 is 30.6 Å². The number of aliphatic carboxylic acids is 1. The second kappa shape index (κ2) is 6.70. The van der Waals surface area contributed by atoms with E-state index in [-0.39, 0.29) is 6.42 Å².